The number of carboxylic acid groups (broad SMARTS) is 1. The average molecular weight is 226 g/mol. The predicted molar refractivity (Wildman–Crippen MR) is 68.3 cm³/mol. The molecule has 0 aliphatic carbocycles. The summed E-state index contributed by atoms with van der Waals surface area (Å²) in [5, 5.41) is 8.95. The second kappa shape index (κ2) is 4.42. The Balaban J connectivity index is 2.49. The standard InChI is InChI=1S/C15H14O2/c1-10-6-7-13(8-11(10)2)12-4-3-5-14(9-12)15(16)17/h3-9H,1-2H3,(H,16,17). The summed E-state index contributed by atoms with van der Waals surface area (Å²) in [4.78, 5) is 10.9. The number of hydrogen-bond donors (Lipinski definition) is 1. The van der Waals surface area contributed by atoms with Gasteiger partial charge in [0.2, 0.25) is 0 Å². The molecule has 2 aromatic rings. The van der Waals surface area contributed by atoms with Crippen LogP contribution in [0, 0.1) is 13.8 Å². The van der Waals surface area contributed by atoms with E-state index in [-0.39, 0.29) is 0 Å². The van der Waals surface area contributed by atoms with Crippen molar-refractivity contribution in [3.63, 3.8) is 0 Å². The minimum Gasteiger partial charge on any atom is -0.478 e. The molecule has 0 aliphatic rings. The van der Waals surface area contributed by atoms with Gasteiger partial charge in [0, 0.05) is 0 Å². The van der Waals surface area contributed by atoms with Crippen LogP contribution in [0.5, 0.6) is 0 Å². The van der Waals surface area contributed by atoms with Gasteiger partial charge in [-0.3, -0.25) is 0 Å². The Morgan fingerprint density at radius 3 is 2.29 bits per heavy atom. The van der Waals surface area contributed by atoms with Crippen molar-refractivity contribution in [3.8, 4) is 11.1 Å². The molecule has 0 fully saturated rings. The van der Waals surface area contributed by atoms with Crippen LogP contribution in [-0.2, 0) is 0 Å². The number of benzene rings is 2. The van der Waals surface area contributed by atoms with Crippen molar-refractivity contribution in [3.05, 3.63) is 59.2 Å². The van der Waals surface area contributed by atoms with E-state index in [0.717, 1.165) is 11.1 Å². The maximum atomic E-state index is 10.9. The molecule has 0 unspecified atom stereocenters. The molecule has 1 N–H and O–H groups in total. The maximum absolute atomic E-state index is 10.9. The fraction of sp³-hybridized carbons (Fsp3) is 0.133. The van der Waals surface area contributed by atoms with Crippen LogP contribution >= 0.6 is 0 Å². The molecule has 0 heterocycles. The zero-order valence-electron chi connectivity index (χ0n) is 9.90. The van der Waals surface area contributed by atoms with Crippen LogP contribution in [-0.4, -0.2) is 11.1 Å². The van der Waals surface area contributed by atoms with Gasteiger partial charge in [-0.2, -0.15) is 0 Å². The minimum absolute atomic E-state index is 0.320. The number of rotatable bonds is 2. The number of hydrogen-bond acceptors (Lipinski definition) is 1. The number of carbonyl (C=O) groups is 1. The highest BCUT2D eigenvalue weighted by Crippen LogP contribution is 2.23. The fourth-order valence-electron chi connectivity index (χ4n) is 1.75. The monoisotopic (exact) mass is 226 g/mol. The van der Waals surface area contributed by atoms with Crippen LogP contribution in [0.4, 0.5) is 0 Å². The lowest BCUT2D eigenvalue weighted by molar-refractivity contribution is 0.0697. The molecule has 0 saturated carbocycles. The summed E-state index contributed by atoms with van der Waals surface area (Å²) in [6, 6.07) is 13.2. The van der Waals surface area contributed by atoms with Crippen molar-refractivity contribution >= 4 is 5.97 Å². The van der Waals surface area contributed by atoms with Crippen LogP contribution in [0.2, 0.25) is 0 Å². The number of aryl methyl sites for hydroxylation is 2. The Kier molecular flexibility index (Phi) is 2.96. The molecule has 0 atom stereocenters. The lowest BCUT2D eigenvalue weighted by Gasteiger charge is -2.06. The van der Waals surface area contributed by atoms with E-state index in [4.69, 9.17) is 5.11 Å². The summed E-state index contributed by atoms with van der Waals surface area (Å²) in [6.07, 6.45) is 0. The molecule has 0 aliphatic heterocycles. The Morgan fingerprint density at radius 2 is 1.65 bits per heavy atom. The van der Waals surface area contributed by atoms with E-state index in [2.05, 4.69) is 26.0 Å². The minimum atomic E-state index is -0.893. The van der Waals surface area contributed by atoms with E-state index >= 15 is 0 Å². The molecule has 17 heavy (non-hydrogen) atoms. The van der Waals surface area contributed by atoms with Crippen molar-refractivity contribution in [1.82, 2.24) is 0 Å². The second-order valence-corrected chi connectivity index (χ2v) is 4.18. The SMILES string of the molecule is Cc1ccc(-c2cccc(C(=O)O)c2)cc1C. The molecule has 0 amide bonds. The average Bonchev–Trinajstić information content (AvgIpc) is 2.33. The Labute approximate surface area is 101 Å². The van der Waals surface area contributed by atoms with Crippen LogP contribution in [0.15, 0.2) is 42.5 Å². The van der Waals surface area contributed by atoms with E-state index in [1.54, 1.807) is 18.2 Å². The molecule has 2 rings (SSSR count). The lowest BCUT2D eigenvalue weighted by atomic mass is 9.99. The molecule has 0 spiro atoms. The summed E-state index contributed by atoms with van der Waals surface area (Å²) in [5.41, 5.74) is 4.76. The van der Waals surface area contributed by atoms with Gasteiger partial charge < -0.3 is 5.11 Å². The van der Waals surface area contributed by atoms with Crippen molar-refractivity contribution < 1.29 is 9.90 Å². The molecule has 86 valence electrons. The highest BCUT2D eigenvalue weighted by Gasteiger charge is 2.05. The van der Waals surface area contributed by atoms with Crippen LogP contribution in [0.3, 0.4) is 0 Å². The van der Waals surface area contributed by atoms with E-state index in [1.807, 2.05) is 12.1 Å². The third kappa shape index (κ3) is 2.36. The van der Waals surface area contributed by atoms with Crippen molar-refractivity contribution in [1.29, 1.82) is 0 Å². The predicted octanol–water partition coefficient (Wildman–Crippen LogP) is 3.67. The van der Waals surface area contributed by atoms with Crippen LogP contribution in [0.1, 0.15) is 21.5 Å². The van der Waals surface area contributed by atoms with Gasteiger partial charge >= 0.3 is 5.97 Å². The topological polar surface area (TPSA) is 37.3 Å². The molecule has 2 heteroatoms. The molecule has 0 bridgehead atoms. The third-order valence-corrected chi connectivity index (χ3v) is 2.95. The summed E-state index contributed by atoms with van der Waals surface area (Å²) in [5.74, 6) is -0.893. The Morgan fingerprint density at radius 1 is 0.941 bits per heavy atom. The normalized spacial score (nSPS) is 10.2. The maximum Gasteiger partial charge on any atom is 0.335 e. The second-order valence-electron chi connectivity index (χ2n) is 4.18. The smallest absolute Gasteiger partial charge is 0.335 e. The number of aromatic carboxylic acids is 1. The van der Waals surface area contributed by atoms with Gasteiger partial charge in [-0.1, -0.05) is 30.3 Å². The molecule has 2 aromatic carbocycles. The van der Waals surface area contributed by atoms with Gasteiger partial charge in [-0.05, 0) is 48.2 Å². The Hall–Kier alpha value is -2.09. The van der Waals surface area contributed by atoms with Gasteiger partial charge in [0.25, 0.3) is 0 Å². The van der Waals surface area contributed by atoms with Crippen molar-refractivity contribution in [2.24, 2.45) is 0 Å². The van der Waals surface area contributed by atoms with E-state index < -0.39 is 5.97 Å². The molecular formula is C15H14O2. The first-order valence-corrected chi connectivity index (χ1v) is 5.49. The van der Waals surface area contributed by atoms with E-state index in [9.17, 15) is 4.79 Å². The Bertz CT molecular complexity index is 571. The van der Waals surface area contributed by atoms with E-state index in [0.29, 0.717) is 5.56 Å². The molecule has 0 saturated heterocycles. The van der Waals surface area contributed by atoms with Crippen molar-refractivity contribution in [2.45, 2.75) is 13.8 Å². The van der Waals surface area contributed by atoms with Gasteiger partial charge in [0.15, 0.2) is 0 Å². The molecular weight excluding hydrogens is 212 g/mol. The molecule has 0 aromatic heterocycles. The summed E-state index contributed by atoms with van der Waals surface area (Å²) in [6.45, 7) is 4.12. The van der Waals surface area contributed by atoms with E-state index in [1.165, 1.54) is 11.1 Å². The lowest BCUT2D eigenvalue weighted by Crippen LogP contribution is -1.95. The highest BCUT2D eigenvalue weighted by atomic mass is 16.4. The van der Waals surface area contributed by atoms with Gasteiger partial charge in [0.05, 0.1) is 5.56 Å². The fourth-order valence-corrected chi connectivity index (χ4v) is 1.75. The van der Waals surface area contributed by atoms with Crippen LogP contribution in [0.25, 0.3) is 11.1 Å². The number of carboxylic acids is 1. The van der Waals surface area contributed by atoms with Gasteiger partial charge in [-0.15, -0.1) is 0 Å². The van der Waals surface area contributed by atoms with Gasteiger partial charge in [0.1, 0.15) is 0 Å². The first-order valence-electron chi connectivity index (χ1n) is 5.49. The largest absolute Gasteiger partial charge is 0.478 e. The summed E-state index contributed by atoms with van der Waals surface area (Å²) in [7, 11) is 0. The quantitative estimate of drug-likeness (QED) is 0.848. The van der Waals surface area contributed by atoms with Gasteiger partial charge in [-0.25, -0.2) is 4.79 Å². The first-order chi connectivity index (χ1) is 8.08. The summed E-state index contributed by atoms with van der Waals surface area (Å²) < 4.78 is 0. The molecule has 0 radical (unpaired) electrons. The molecule has 2 nitrogen and oxygen atoms in total. The zero-order chi connectivity index (χ0) is 12.4. The summed E-state index contributed by atoms with van der Waals surface area (Å²) >= 11 is 0. The third-order valence-electron chi connectivity index (χ3n) is 2.95. The van der Waals surface area contributed by atoms with Crippen molar-refractivity contribution in [2.75, 3.05) is 0 Å². The van der Waals surface area contributed by atoms with Crippen LogP contribution < -0.4 is 0 Å². The first kappa shape index (κ1) is 11.4. The highest BCUT2D eigenvalue weighted by molar-refractivity contribution is 5.89. The zero-order valence-corrected chi connectivity index (χ0v) is 9.90.